The standard InChI is InChI=1S/C18H17BN4/c1-12-18(15-5-3-14(9-20)4-6-15)13(2)23(22-12)11-17-8-7-16(19)10-21-17/h3-8,10H,11,19H2,1-2H3. The van der Waals surface area contributed by atoms with E-state index in [1.165, 1.54) is 0 Å². The van der Waals surface area contributed by atoms with Gasteiger partial charge in [0.05, 0.1) is 29.6 Å². The van der Waals surface area contributed by atoms with Crippen molar-refractivity contribution in [2.75, 3.05) is 0 Å². The van der Waals surface area contributed by atoms with E-state index in [-0.39, 0.29) is 0 Å². The van der Waals surface area contributed by atoms with E-state index in [1.807, 2.05) is 56.0 Å². The van der Waals surface area contributed by atoms with Gasteiger partial charge in [-0.3, -0.25) is 9.67 Å². The Morgan fingerprint density at radius 1 is 1.13 bits per heavy atom. The maximum absolute atomic E-state index is 8.92. The van der Waals surface area contributed by atoms with E-state index in [0.717, 1.165) is 33.7 Å². The van der Waals surface area contributed by atoms with Gasteiger partial charge in [0.15, 0.2) is 0 Å². The third kappa shape index (κ3) is 3.02. The van der Waals surface area contributed by atoms with Crippen LogP contribution in [0.25, 0.3) is 11.1 Å². The van der Waals surface area contributed by atoms with Gasteiger partial charge in [-0.25, -0.2) is 0 Å². The maximum atomic E-state index is 8.92. The number of hydrogen-bond donors (Lipinski definition) is 0. The van der Waals surface area contributed by atoms with Crippen molar-refractivity contribution in [3.05, 3.63) is 65.2 Å². The SMILES string of the molecule is Bc1ccc(Cn2nc(C)c(-c3ccc(C#N)cc3)c2C)nc1. The Labute approximate surface area is 136 Å². The van der Waals surface area contributed by atoms with Crippen LogP contribution in [-0.2, 0) is 6.54 Å². The molecule has 4 nitrogen and oxygen atoms in total. The average molecular weight is 300 g/mol. The molecular formula is C18H17BN4. The van der Waals surface area contributed by atoms with Crippen molar-refractivity contribution in [3.63, 3.8) is 0 Å². The molecule has 0 spiro atoms. The monoisotopic (exact) mass is 300 g/mol. The quantitative estimate of drug-likeness (QED) is 0.692. The van der Waals surface area contributed by atoms with E-state index >= 15 is 0 Å². The van der Waals surface area contributed by atoms with E-state index in [0.29, 0.717) is 12.1 Å². The average Bonchev–Trinajstić information content (AvgIpc) is 2.84. The summed E-state index contributed by atoms with van der Waals surface area (Å²) >= 11 is 0. The minimum Gasteiger partial charge on any atom is -0.263 e. The van der Waals surface area contributed by atoms with Gasteiger partial charge >= 0.3 is 0 Å². The molecule has 0 aliphatic carbocycles. The van der Waals surface area contributed by atoms with E-state index in [9.17, 15) is 0 Å². The first kappa shape index (κ1) is 15.0. The number of pyridine rings is 1. The molecule has 0 unspecified atom stereocenters. The predicted octanol–water partition coefficient (Wildman–Crippen LogP) is 1.74. The Balaban J connectivity index is 1.95. The smallest absolute Gasteiger partial charge is 0.141 e. The molecule has 0 saturated carbocycles. The fourth-order valence-corrected chi connectivity index (χ4v) is 2.73. The first-order valence-electron chi connectivity index (χ1n) is 7.54. The lowest BCUT2D eigenvalue weighted by Crippen LogP contribution is -2.09. The van der Waals surface area contributed by atoms with Crippen LogP contribution in [0.2, 0.25) is 0 Å². The van der Waals surface area contributed by atoms with Gasteiger partial charge < -0.3 is 0 Å². The summed E-state index contributed by atoms with van der Waals surface area (Å²) in [5, 5.41) is 13.6. The second-order valence-corrected chi connectivity index (χ2v) is 5.72. The lowest BCUT2D eigenvalue weighted by molar-refractivity contribution is 0.647. The Bertz CT molecular complexity index is 871. The Morgan fingerprint density at radius 2 is 1.87 bits per heavy atom. The number of aryl methyl sites for hydroxylation is 1. The molecule has 23 heavy (non-hydrogen) atoms. The van der Waals surface area contributed by atoms with Gasteiger partial charge in [0.25, 0.3) is 0 Å². The Hall–Kier alpha value is -2.87. The van der Waals surface area contributed by atoms with Crippen LogP contribution < -0.4 is 5.46 Å². The van der Waals surface area contributed by atoms with E-state index < -0.39 is 0 Å². The topological polar surface area (TPSA) is 54.5 Å². The van der Waals surface area contributed by atoms with Crippen LogP contribution in [0.3, 0.4) is 0 Å². The van der Waals surface area contributed by atoms with Crippen LogP contribution in [0.1, 0.15) is 22.6 Å². The number of nitrogens with zero attached hydrogens (tertiary/aromatic N) is 4. The molecule has 3 rings (SSSR count). The van der Waals surface area contributed by atoms with Gasteiger partial charge in [0.2, 0.25) is 0 Å². The minimum absolute atomic E-state index is 0.656. The highest BCUT2D eigenvalue weighted by atomic mass is 15.3. The summed E-state index contributed by atoms with van der Waals surface area (Å²) in [5.41, 5.74) is 7.12. The third-order valence-electron chi connectivity index (χ3n) is 3.97. The molecular weight excluding hydrogens is 283 g/mol. The summed E-state index contributed by atoms with van der Waals surface area (Å²) in [4.78, 5) is 4.45. The molecule has 0 radical (unpaired) electrons. The van der Waals surface area contributed by atoms with E-state index in [1.54, 1.807) is 0 Å². The molecule has 0 N–H and O–H groups in total. The molecule has 0 atom stereocenters. The van der Waals surface area contributed by atoms with Crippen LogP contribution in [0, 0.1) is 25.2 Å². The maximum Gasteiger partial charge on any atom is 0.141 e. The normalized spacial score (nSPS) is 10.5. The number of rotatable bonds is 3. The molecule has 0 fully saturated rings. The van der Waals surface area contributed by atoms with Gasteiger partial charge in [0, 0.05) is 17.5 Å². The zero-order valence-electron chi connectivity index (χ0n) is 13.5. The van der Waals surface area contributed by atoms with Crippen LogP contribution in [0.15, 0.2) is 42.6 Å². The second kappa shape index (κ2) is 6.09. The Kier molecular flexibility index (Phi) is 3.99. The zero-order chi connectivity index (χ0) is 16.4. The van der Waals surface area contributed by atoms with Crippen molar-refractivity contribution >= 4 is 13.3 Å². The highest BCUT2D eigenvalue weighted by Gasteiger charge is 2.14. The first-order chi connectivity index (χ1) is 11.1. The van der Waals surface area contributed by atoms with Gasteiger partial charge in [0.1, 0.15) is 7.85 Å². The van der Waals surface area contributed by atoms with Gasteiger partial charge in [-0.05, 0) is 37.6 Å². The minimum atomic E-state index is 0.656. The summed E-state index contributed by atoms with van der Waals surface area (Å²) in [6.07, 6.45) is 1.88. The van der Waals surface area contributed by atoms with Gasteiger partial charge in [-0.2, -0.15) is 10.4 Å². The molecule has 1 aromatic carbocycles. The molecule has 112 valence electrons. The molecule has 2 heterocycles. The molecule has 0 aliphatic rings. The number of nitriles is 1. The van der Waals surface area contributed by atoms with Crippen LogP contribution in [0.4, 0.5) is 0 Å². The summed E-state index contributed by atoms with van der Waals surface area (Å²) in [6.45, 7) is 4.74. The largest absolute Gasteiger partial charge is 0.263 e. The van der Waals surface area contributed by atoms with Gasteiger partial charge in [-0.1, -0.05) is 23.7 Å². The van der Waals surface area contributed by atoms with Crippen molar-refractivity contribution < 1.29 is 0 Å². The molecule has 0 aliphatic heterocycles. The summed E-state index contributed by atoms with van der Waals surface area (Å²) in [6, 6.07) is 13.9. The fraction of sp³-hybridized carbons (Fsp3) is 0.167. The predicted molar refractivity (Wildman–Crippen MR) is 93.4 cm³/mol. The number of benzene rings is 1. The zero-order valence-corrected chi connectivity index (χ0v) is 13.5. The lowest BCUT2D eigenvalue weighted by Gasteiger charge is -2.06. The molecule has 3 aromatic rings. The van der Waals surface area contributed by atoms with E-state index in [2.05, 4.69) is 29.1 Å². The molecule has 2 aromatic heterocycles. The van der Waals surface area contributed by atoms with Crippen molar-refractivity contribution in [1.29, 1.82) is 5.26 Å². The molecule has 0 saturated heterocycles. The Morgan fingerprint density at radius 3 is 2.48 bits per heavy atom. The highest BCUT2D eigenvalue weighted by molar-refractivity contribution is 6.32. The van der Waals surface area contributed by atoms with Crippen LogP contribution >= 0.6 is 0 Å². The fourth-order valence-electron chi connectivity index (χ4n) is 2.73. The van der Waals surface area contributed by atoms with Crippen molar-refractivity contribution in [2.24, 2.45) is 0 Å². The van der Waals surface area contributed by atoms with Crippen molar-refractivity contribution in [1.82, 2.24) is 14.8 Å². The number of hydrogen-bond acceptors (Lipinski definition) is 3. The summed E-state index contributed by atoms with van der Waals surface area (Å²) < 4.78 is 1.99. The second-order valence-electron chi connectivity index (χ2n) is 5.72. The van der Waals surface area contributed by atoms with Gasteiger partial charge in [-0.15, -0.1) is 0 Å². The lowest BCUT2D eigenvalue weighted by atomic mass is 9.99. The van der Waals surface area contributed by atoms with Crippen molar-refractivity contribution in [3.8, 4) is 17.2 Å². The third-order valence-corrected chi connectivity index (χ3v) is 3.97. The van der Waals surface area contributed by atoms with Crippen LogP contribution in [0.5, 0.6) is 0 Å². The number of aromatic nitrogens is 3. The molecule has 0 amide bonds. The summed E-state index contributed by atoms with van der Waals surface area (Å²) in [7, 11) is 2.03. The first-order valence-corrected chi connectivity index (χ1v) is 7.54. The van der Waals surface area contributed by atoms with Crippen LogP contribution in [-0.4, -0.2) is 22.6 Å². The highest BCUT2D eigenvalue weighted by Crippen LogP contribution is 2.27. The molecule has 0 bridgehead atoms. The van der Waals surface area contributed by atoms with E-state index in [4.69, 9.17) is 5.26 Å². The van der Waals surface area contributed by atoms with Crippen molar-refractivity contribution in [2.45, 2.75) is 20.4 Å². The summed E-state index contributed by atoms with van der Waals surface area (Å²) in [5.74, 6) is 0. The molecule has 5 heteroatoms.